The van der Waals surface area contributed by atoms with Crippen LogP contribution in [0.15, 0.2) is 12.3 Å². The standard InChI is InChI=1S/C16H27N3O/c1-4-12-7-5-6-8-14(12)18-16(20)15-9-13(17)10-19(15)11(2)3/h9-12,14H,4-8,17H2,1-3H3,(H,18,20). The Hall–Kier alpha value is -1.45. The van der Waals surface area contributed by atoms with Crippen LogP contribution in [-0.4, -0.2) is 16.5 Å². The molecule has 0 bridgehead atoms. The van der Waals surface area contributed by atoms with Crippen molar-refractivity contribution in [3.8, 4) is 0 Å². The summed E-state index contributed by atoms with van der Waals surface area (Å²) in [5, 5.41) is 3.23. The van der Waals surface area contributed by atoms with Gasteiger partial charge in [0.2, 0.25) is 0 Å². The van der Waals surface area contributed by atoms with Crippen LogP contribution in [0.3, 0.4) is 0 Å². The molecule has 0 aromatic carbocycles. The number of hydrogen-bond donors (Lipinski definition) is 2. The molecule has 4 heteroatoms. The third-order valence-electron chi connectivity index (χ3n) is 4.41. The lowest BCUT2D eigenvalue weighted by molar-refractivity contribution is 0.0893. The number of carbonyl (C=O) groups is 1. The number of rotatable bonds is 4. The Labute approximate surface area is 121 Å². The molecule has 1 aliphatic carbocycles. The van der Waals surface area contributed by atoms with Crippen LogP contribution >= 0.6 is 0 Å². The summed E-state index contributed by atoms with van der Waals surface area (Å²) in [6.45, 7) is 6.33. The predicted molar refractivity (Wildman–Crippen MR) is 82.7 cm³/mol. The molecule has 1 aromatic heterocycles. The van der Waals surface area contributed by atoms with Gasteiger partial charge in [-0.3, -0.25) is 4.79 Å². The van der Waals surface area contributed by atoms with Gasteiger partial charge in [-0.2, -0.15) is 0 Å². The van der Waals surface area contributed by atoms with Gasteiger partial charge in [0.1, 0.15) is 5.69 Å². The van der Waals surface area contributed by atoms with Crippen molar-refractivity contribution in [2.75, 3.05) is 5.73 Å². The molecule has 1 heterocycles. The molecule has 1 amide bonds. The lowest BCUT2D eigenvalue weighted by Crippen LogP contribution is -2.42. The molecule has 2 rings (SSSR count). The van der Waals surface area contributed by atoms with Crippen molar-refractivity contribution in [3.05, 3.63) is 18.0 Å². The zero-order chi connectivity index (χ0) is 14.7. The largest absolute Gasteiger partial charge is 0.397 e. The molecule has 0 aliphatic heterocycles. The lowest BCUT2D eigenvalue weighted by Gasteiger charge is -2.31. The third kappa shape index (κ3) is 3.17. The summed E-state index contributed by atoms with van der Waals surface area (Å²) in [5.41, 5.74) is 7.17. The smallest absolute Gasteiger partial charge is 0.268 e. The lowest BCUT2D eigenvalue weighted by atomic mass is 9.83. The second kappa shape index (κ2) is 6.33. The first kappa shape index (κ1) is 14.9. The zero-order valence-electron chi connectivity index (χ0n) is 12.9. The van der Waals surface area contributed by atoms with E-state index in [1.54, 1.807) is 6.07 Å². The van der Waals surface area contributed by atoms with Crippen molar-refractivity contribution < 1.29 is 4.79 Å². The van der Waals surface area contributed by atoms with E-state index in [1.807, 2.05) is 10.8 Å². The van der Waals surface area contributed by atoms with Gasteiger partial charge in [-0.1, -0.05) is 26.2 Å². The first-order chi connectivity index (χ1) is 9.52. The molecule has 2 unspecified atom stereocenters. The maximum atomic E-state index is 12.5. The van der Waals surface area contributed by atoms with Gasteiger partial charge in [-0.25, -0.2) is 0 Å². The molecular formula is C16H27N3O. The topological polar surface area (TPSA) is 60.1 Å². The number of nitrogen functional groups attached to an aromatic ring is 1. The summed E-state index contributed by atoms with van der Waals surface area (Å²) in [5.74, 6) is 0.633. The monoisotopic (exact) mass is 277 g/mol. The molecule has 1 aliphatic rings. The Bertz CT molecular complexity index is 464. The molecule has 1 saturated carbocycles. The highest BCUT2D eigenvalue weighted by atomic mass is 16.2. The van der Waals surface area contributed by atoms with Crippen molar-refractivity contribution in [1.29, 1.82) is 0 Å². The first-order valence-electron chi connectivity index (χ1n) is 7.81. The fourth-order valence-corrected chi connectivity index (χ4v) is 3.24. The van der Waals surface area contributed by atoms with Crippen LogP contribution < -0.4 is 11.1 Å². The quantitative estimate of drug-likeness (QED) is 0.886. The van der Waals surface area contributed by atoms with Gasteiger partial charge in [0, 0.05) is 18.3 Å². The van der Waals surface area contributed by atoms with Crippen LogP contribution in [0.4, 0.5) is 5.69 Å². The summed E-state index contributed by atoms with van der Waals surface area (Å²) in [6, 6.07) is 2.33. The number of anilines is 1. The highest BCUT2D eigenvalue weighted by Gasteiger charge is 2.26. The zero-order valence-corrected chi connectivity index (χ0v) is 12.9. The van der Waals surface area contributed by atoms with Gasteiger partial charge in [-0.15, -0.1) is 0 Å². The molecule has 3 N–H and O–H groups in total. The van der Waals surface area contributed by atoms with E-state index in [0.717, 1.165) is 12.8 Å². The van der Waals surface area contributed by atoms with Gasteiger partial charge in [0.25, 0.3) is 5.91 Å². The highest BCUT2D eigenvalue weighted by molar-refractivity contribution is 5.94. The molecule has 2 atom stereocenters. The minimum absolute atomic E-state index is 0.0146. The van der Waals surface area contributed by atoms with E-state index < -0.39 is 0 Å². The highest BCUT2D eigenvalue weighted by Crippen LogP contribution is 2.27. The SMILES string of the molecule is CCC1CCCCC1NC(=O)c1cc(N)cn1C(C)C. The van der Waals surface area contributed by atoms with Gasteiger partial charge in [-0.05, 0) is 38.7 Å². The maximum absolute atomic E-state index is 12.5. The predicted octanol–water partition coefficient (Wildman–Crippen LogP) is 3.35. The van der Waals surface area contributed by atoms with E-state index in [-0.39, 0.29) is 11.9 Å². The molecule has 20 heavy (non-hydrogen) atoms. The first-order valence-corrected chi connectivity index (χ1v) is 7.81. The molecule has 1 aromatic rings. The summed E-state index contributed by atoms with van der Waals surface area (Å²) in [7, 11) is 0. The van der Waals surface area contributed by atoms with Crippen molar-refractivity contribution in [3.63, 3.8) is 0 Å². The van der Waals surface area contributed by atoms with Crippen LogP contribution in [0.5, 0.6) is 0 Å². The van der Waals surface area contributed by atoms with Crippen molar-refractivity contribution in [2.45, 2.75) is 65.0 Å². The Balaban J connectivity index is 2.11. The Morgan fingerprint density at radius 1 is 1.45 bits per heavy atom. The van der Waals surface area contributed by atoms with Gasteiger partial charge in [0.15, 0.2) is 0 Å². The summed E-state index contributed by atoms with van der Waals surface area (Å²) in [6.07, 6.45) is 7.82. The number of amides is 1. The second-order valence-corrected chi connectivity index (χ2v) is 6.19. The van der Waals surface area contributed by atoms with Gasteiger partial charge in [0.05, 0.1) is 5.69 Å². The van der Waals surface area contributed by atoms with E-state index in [0.29, 0.717) is 23.3 Å². The van der Waals surface area contributed by atoms with E-state index in [4.69, 9.17) is 5.73 Å². The maximum Gasteiger partial charge on any atom is 0.268 e. The number of nitrogens with one attached hydrogen (secondary N) is 1. The number of nitrogens with two attached hydrogens (primary N) is 1. The van der Waals surface area contributed by atoms with Crippen molar-refractivity contribution in [1.82, 2.24) is 9.88 Å². The van der Waals surface area contributed by atoms with Crippen LogP contribution in [-0.2, 0) is 0 Å². The normalized spacial score (nSPS) is 23.0. The molecular weight excluding hydrogens is 250 g/mol. The summed E-state index contributed by atoms with van der Waals surface area (Å²) >= 11 is 0. The Morgan fingerprint density at radius 2 is 2.15 bits per heavy atom. The molecule has 1 fully saturated rings. The fourth-order valence-electron chi connectivity index (χ4n) is 3.24. The minimum atomic E-state index is 0.0146. The average Bonchev–Trinajstić information content (AvgIpc) is 2.82. The Kier molecular flexibility index (Phi) is 4.73. The third-order valence-corrected chi connectivity index (χ3v) is 4.41. The fraction of sp³-hybridized carbons (Fsp3) is 0.688. The molecule has 0 saturated heterocycles. The summed E-state index contributed by atoms with van der Waals surface area (Å²) in [4.78, 5) is 12.5. The van der Waals surface area contributed by atoms with Crippen LogP contribution in [0.1, 0.15) is 69.4 Å². The van der Waals surface area contributed by atoms with Gasteiger partial charge >= 0.3 is 0 Å². The van der Waals surface area contributed by atoms with E-state index in [9.17, 15) is 4.79 Å². The summed E-state index contributed by atoms with van der Waals surface area (Å²) < 4.78 is 1.95. The van der Waals surface area contributed by atoms with Crippen LogP contribution in [0.25, 0.3) is 0 Å². The molecule has 0 spiro atoms. The number of carbonyl (C=O) groups excluding carboxylic acids is 1. The molecule has 0 radical (unpaired) electrons. The second-order valence-electron chi connectivity index (χ2n) is 6.19. The van der Waals surface area contributed by atoms with Gasteiger partial charge < -0.3 is 15.6 Å². The van der Waals surface area contributed by atoms with Crippen molar-refractivity contribution in [2.24, 2.45) is 5.92 Å². The Morgan fingerprint density at radius 3 is 2.80 bits per heavy atom. The number of hydrogen-bond acceptors (Lipinski definition) is 2. The van der Waals surface area contributed by atoms with Crippen LogP contribution in [0, 0.1) is 5.92 Å². The van der Waals surface area contributed by atoms with Crippen molar-refractivity contribution >= 4 is 11.6 Å². The van der Waals surface area contributed by atoms with E-state index in [1.165, 1.54) is 19.3 Å². The molecule has 4 nitrogen and oxygen atoms in total. The number of aromatic nitrogens is 1. The van der Waals surface area contributed by atoms with E-state index in [2.05, 4.69) is 26.1 Å². The average molecular weight is 277 g/mol. The molecule has 112 valence electrons. The minimum Gasteiger partial charge on any atom is -0.397 e. The van der Waals surface area contributed by atoms with E-state index >= 15 is 0 Å². The van der Waals surface area contributed by atoms with Crippen LogP contribution in [0.2, 0.25) is 0 Å². The number of nitrogens with zero attached hydrogens (tertiary/aromatic N) is 1.